The predicted molar refractivity (Wildman–Crippen MR) is 75.5 cm³/mol. The molecule has 1 aromatic carbocycles. The lowest BCUT2D eigenvalue weighted by molar-refractivity contribution is 0.598. The normalized spacial score (nSPS) is 10.8. The Morgan fingerprint density at radius 3 is 2.56 bits per heavy atom. The molecule has 94 valence electrons. The Labute approximate surface area is 112 Å². The van der Waals surface area contributed by atoms with Crippen LogP contribution in [0.25, 0.3) is 0 Å². The number of nitrogens with zero attached hydrogens (tertiary/aromatic N) is 3. The minimum Gasteiger partial charge on any atom is -0.388 e. The molecule has 0 radical (unpaired) electrons. The Balaban J connectivity index is 2.37. The largest absolute Gasteiger partial charge is 0.388 e. The first kappa shape index (κ1) is 12.7. The average Bonchev–Trinajstić information content (AvgIpc) is 2.74. The van der Waals surface area contributed by atoms with Crippen LogP contribution in [0.15, 0.2) is 30.3 Å². The van der Waals surface area contributed by atoms with Crippen molar-refractivity contribution in [2.75, 3.05) is 0 Å². The first-order valence-electron chi connectivity index (χ1n) is 5.86. The van der Waals surface area contributed by atoms with Gasteiger partial charge >= 0.3 is 0 Å². The molecule has 0 spiro atoms. The molecule has 0 aliphatic rings. The van der Waals surface area contributed by atoms with E-state index in [0.29, 0.717) is 17.2 Å². The van der Waals surface area contributed by atoms with E-state index in [4.69, 9.17) is 18.0 Å². The van der Waals surface area contributed by atoms with Crippen molar-refractivity contribution in [1.29, 1.82) is 0 Å². The maximum absolute atomic E-state index is 5.67. The molecular formula is C13H16N4S. The van der Waals surface area contributed by atoms with Gasteiger partial charge < -0.3 is 5.73 Å². The number of nitrogens with two attached hydrogens (primary N) is 1. The Hall–Kier alpha value is -1.75. The summed E-state index contributed by atoms with van der Waals surface area (Å²) in [6.07, 6.45) is 0. The summed E-state index contributed by atoms with van der Waals surface area (Å²) in [6.45, 7) is 4.86. The maximum atomic E-state index is 5.67. The summed E-state index contributed by atoms with van der Waals surface area (Å²) >= 11 is 5.01. The molecule has 2 aromatic rings. The lowest BCUT2D eigenvalue weighted by Crippen LogP contribution is -2.15. The minimum absolute atomic E-state index is 0.278. The van der Waals surface area contributed by atoms with Gasteiger partial charge in [0.25, 0.3) is 0 Å². The summed E-state index contributed by atoms with van der Waals surface area (Å²) in [5.74, 6) is 0.278. The van der Waals surface area contributed by atoms with Crippen LogP contribution in [-0.2, 0) is 6.54 Å². The van der Waals surface area contributed by atoms with Gasteiger partial charge in [-0.3, -0.25) is 0 Å². The van der Waals surface area contributed by atoms with Gasteiger partial charge in [0, 0.05) is 0 Å². The topological polar surface area (TPSA) is 56.7 Å². The van der Waals surface area contributed by atoms with Crippen molar-refractivity contribution in [2.24, 2.45) is 5.73 Å². The molecule has 1 aromatic heterocycles. The van der Waals surface area contributed by atoms with Gasteiger partial charge in [0.05, 0.1) is 12.2 Å². The third-order valence-electron chi connectivity index (χ3n) is 2.73. The molecule has 0 unspecified atom stereocenters. The number of thiocarbonyl (C=S) groups is 1. The van der Waals surface area contributed by atoms with E-state index in [0.717, 1.165) is 5.69 Å². The minimum atomic E-state index is 0.278. The SMILES string of the molecule is CC(C)c1c(C(N)=S)nnn1Cc1ccccc1. The molecule has 0 atom stereocenters. The fourth-order valence-corrected chi connectivity index (χ4v) is 2.09. The highest BCUT2D eigenvalue weighted by Crippen LogP contribution is 2.18. The van der Waals surface area contributed by atoms with Crippen LogP contribution in [0.5, 0.6) is 0 Å². The fourth-order valence-electron chi connectivity index (χ4n) is 1.94. The first-order valence-corrected chi connectivity index (χ1v) is 6.27. The van der Waals surface area contributed by atoms with Gasteiger partial charge in [0.15, 0.2) is 0 Å². The van der Waals surface area contributed by atoms with E-state index >= 15 is 0 Å². The van der Waals surface area contributed by atoms with Crippen LogP contribution in [0.2, 0.25) is 0 Å². The van der Waals surface area contributed by atoms with Crippen LogP contribution < -0.4 is 5.73 Å². The molecule has 5 heteroatoms. The molecule has 0 saturated heterocycles. The zero-order valence-corrected chi connectivity index (χ0v) is 11.3. The summed E-state index contributed by atoms with van der Waals surface area (Å²) in [5.41, 5.74) is 8.48. The molecular weight excluding hydrogens is 244 g/mol. The summed E-state index contributed by atoms with van der Waals surface area (Å²) < 4.78 is 1.87. The van der Waals surface area contributed by atoms with Gasteiger partial charge in [-0.05, 0) is 11.5 Å². The number of hydrogen-bond acceptors (Lipinski definition) is 3. The summed E-state index contributed by atoms with van der Waals surface area (Å²) in [6, 6.07) is 10.1. The molecule has 4 nitrogen and oxygen atoms in total. The second kappa shape index (κ2) is 5.27. The van der Waals surface area contributed by atoms with E-state index in [9.17, 15) is 0 Å². The average molecular weight is 260 g/mol. The lowest BCUT2D eigenvalue weighted by atomic mass is 10.1. The Morgan fingerprint density at radius 2 is 2.00 bits per heavy atom. The number of benzene rings is 1. The van der Waals surface area contributed by atoms with Crippen LogP contribution in [0.4, 0.5) is 0 Å². The third kappa shape index (κ3) is 2.56. The molecule has 0 amide bonds. The monoisotopic (exact) mass is 260 g/mol. The van der Waals surface area contributed by atoms with E-state index in [1.54, 1.807) is 0 Å². The zero-order chi connectivity index (χ0) is 13.1. The van der Waals surface area contributed by atoms with Gasteiger partial charge in [-0.25, -0.2) is 4.68 Å². The Morgan fingerprint density at radius 1 is 1.33 bits per heavy atom. The molecule has 0 saturated carbocycles. The van der Waals surface area contributed by atoms with E-state index in [1.165, 1.54) is 5.56 Å². The molecule has 2 N–H and O–H groups in total. The van der Waals surface area contributed by atoms with Crippen molar-refractivity contribution in [1.82, 2.24) is 15.0 Å². The molecule has 0 fully saturated rings. The Kier molecular flexibility index (Phi) is 3.72. The van der Waals surface area contributed by atoms with Crippen molar-refractivity contribution in [3.63, 3.8) is 0 Å². The van der Waals surface area contributed by atoms with Gasteiger partial charge in [0.2, 0.25) is 0 Å². The lowest BCUT2D eigenvalue weighted by Gasteiger charge is -2.10. The molecule has 1 heterocycles. The second-order valence-electron chi connectivity index (χ2n) is 4.49. The van der Waals surface area contributed by atoms with Crippen molar-refractivity contribution in [3.8, 4) is 0 Å². The van der Waals surface area contributed by atoms with Crippen LogP contribution in [0.1, 0.15) is 36.7 Å². The summed E-state index contributed by atoms with van der Waals surface area (Å²) in [4.78, 5) is 0.304. The second-order valence-corrected chi connectivity index (χ2v) is 4.93. The van der Waals surface area contributed by atoms with Gasteiger partial charge in [0.1, 0.15) is 10.7 Å². The molecule has 0 bridgehead atoms. The van der Waals surface area contributed by atoms with E-state index in [-0.39, 0.29) is 5.92 Å². The van der Waals surface area contributed by atoms with Crippen molar-refractivity contribution < 1.29 is 0 Å². The summed E-state index contributed by atoms with van der Waals surface area (Å²) in [7, 11) is 0. The van der Waals surface area contributed by atoms with Crippen LogP contribution in [-0.4, -0.2) is 20.0 Å². The van der Waals surface area contributed by atoms with Gasteiger partial charge in [-0.2, -0.15) is 0 Å². The highest BCUT2D eigenvalue weighted by Gasteiger charge is 2.17. The van der Waals surface area contributed by atoms with E-state index in [1.807, 2.05) is 22.9 Å². The van der Waals surface area contributed by atoms with Crippen LogP contribution in [0, 0.1) is 0 Å². The van der Waals surface area contributed by atoms with Crippen LogP contribution >= 0.6 is 12.2 Å². The zero-order valence-electron chi connectivity index (χ0n) is 10.5. The highest BCUT2D eigenvalue weighted by atomic mass is 32.1. The number of hydrogen-bond donors (Lipinski definition) is 1. The Bertz CT molecular complexity index is 545. The standard InChI is InChI=1S/C13H16N4S/c1-9(2)12-11(13(14)18)15-16-17(12)8-10-6-4-3-5-7-10/h3-7,9H,8H2,1-2H3,(H2,14,18). The molecule has 0 aliphatic heterocycles. The van der Waals surface area contributed by atoms with Crippen molar-refractivity contribution >= 4 is 17.2 Å². The highest BCUT2D eigenvalue weighted by molar-refractivity contribution is 7.80. The first-order chi connectivity index (χ1) is 8.59. The van der Waals surface area contributed by atoms with E-state index in [2.05, 4.69) is 36.3 Å². The molecule has 2 rings (SSSR count). The van der Waals surface area contributed by atoms with Crippen LogP contribution in [0.3, 0.4) is 0 Å². The van der Waals surface area contributed by atoms with Gasteiger partial charge in [-0.1, -0.05) is 61.6 Å². The van der Waals surface area contributed by atoms with E-state index < -0.39 is 0 Å². The number of aromatic nitrogens is 3. The van der Waals surface area contributed by atoms with Gasteiger partial charge in [-0.15, -0.1) is 5.10 Å². The molecule has 0 aliphatic carbocycles. The quantitative estimate of drug-likeness (QED) is 0.855. The summed E-state index contributed by atoms with van der Waals surface area (Å²) in [5, 5.41) is 8.23. The third-order valence-corrected chi connectivity index (χ3v) is 2.92. The maximum Gasteiger partial charge on any atom is 0.143 e. The smallest absolute Gasteiger partial charge is 0.143 e. The molecule has 18 heavy (non-hydrogen) atoms. The van der Waals surface area contributed by atoms with Crippen molar-refractivity contribution in [3.05, 3.63) is 47.3 Å². The fraction of sp³-hybridized carbons (Fsp3) is 0.308. The van der Waals surface area contributed by atoms with Crippen molar-refractivity contribution in [2.45, 2.75) is 26.3 Å². The predicted octanol–water partition coefficient (Wildman–Crippen LogP) is 2.08. The number of rotatable bonds is 4.